The van der Waals surface area contributed by atoms with Crippen LogP contribution in [0.25, 0.3) is 0 Å². The summed E-state index contributed by atoms with van der Waals surface area (Å²) in [6.07, 6.45) is 0. The Morgan fingerprint density at radius 1 is 1.31 bits per heavy atom. The normalized spacial score (nSPS) is 7.92. The minimum absolute atomic E-state index is 0.710. The van der Waals surface area contributed by atoms with Gasteiger partial charge in [0.2, 0.25) is 0 Å². The van der Waals surface area contributed by atoms with Gasteiger partial charge in [-0.3, -0.25) is 0 Å². The van der Waals surface area contributed by atoms with Crippen molar-refractivity contribution in [3.05, 3.63) is 29.3 Å². The molecule has 0 aliphatic rings. The lowest BCUT2D eigenvalue weighted by molar-refractivity contribution is 1.38. The van der Waals surface area contributed by atoms with Crippen LogP contribution in [0.15, 0.2) is 18.2 Å². The highest BCUT2D eigenvalue weighted by Crippen LogP contribution is 2.14. The van der Waals surface area contributed by atoms with Crippen molar-refractivity contribution in [2.45, 2.75) is 20.8 Å². The van der Waals surface area contributed by atoms with Crippen LogP contribution in [-0.4, -0.2) is 7.05 Å². The van der Waals surface area contributed by atoms with Crippen LogP contribution >= 0.6 is 0 Å². The van der Waals surface area contributed by atoms with Crippen molar-refractivity contribution in [1.29, 1.82) is 5.26 Å². The molecular formula is C11H16N2. The fourth-order valence-corrected chi connectivity index (χ4v) is 1.01. The van der Waals surface area contributed by atoms with Crippen molar-refractivity contribution in [2.75, 3.05) is 12.4 Å². The van der Waals surface area contributed by atoms with Gasteiger partial charge in [-0.1, -0.05) is 13.8 Å². The molecule has 2 nitrogen and oxygen atoms in total. The lowest BCUT2D eigenvalue weighted by Crippen LogP contribution is -1.91. The Labute approximate surface area is 80.2 Å². The lowest BCUT2D eigenvalue weighted by Gasteiger charge is -2.03. The topological polar surface area (TPSA) is 35.8 Å². The Hall–Kier alpha value is -1.49. The van der Waals surface area contributed by atoms with Crippen LogP contribution in [0.2, 0.25) is 0 Å². The average Bonchev–Trinajstić information content (AvgIpc) is 2.20. The van der Waals surface area contributed by atoms with Gasteiger partial charge in [-0.05, 0) is 30.7 Å². The van der Waals surface area contributed by atoms with Crippen LogP contribution < -0.4 is 5.32 Å². The van der Waals surface area contributed by atoms with Gasteiger partial charge in [0, 0.05) is 12.7 Å². The van der Waals surface area contributed by atoms with Gasteiger partial charge >= 0.3 is 0 Å². The van der Waals surface area contributed by atoms with Crippen LogP contribution in [0.5, 0.6) is 0 Å². The van der Waals surface area contributed by atoms with Crippen molar-refractivity contribution < 1.29 is 0 Å². The summed E-state index contributed by atoms with van der Waals surface area (Å²) in [6.45, 7) is 5.98. The molecule has 1 rings (SSSR count). The molecule has 0 aliphatic carbocycles. The van der Waals surface area contributed by atoms with E-state index in [0.29, 0.717) is 5.56 Å². The van der Waals surface area contributed by atoms with E-state index in [1.807, 2.05) is 40.0 Å². The van der Waals surface area contributed by atoms with Crippen molar-refractivity contribution in [3.63, 3.8) is 0 Å². The summed E-state index contributed by atoms with van der Waals surface area (Å²) in [5.74, 6) is 0. The van der Waals surface area contributed by atoms with E-state index < -0.39 is 0 Å². The number of benzene rings is 1. The largest absolute Gasteiger partial charge is 0.388 e. The minimum Gasteiger partial charge on any atom is -0.388 e. The molecule has 13 heavy (non-hydrogen) atoms. The maximum atomic E-state index is 8.56. The van der Waals surface area contributed by atoms with E-state index in [0.717, 1.165) is 11.3 Å². The molecule has 70 valence electrons. The summed E-state index contributed by atoms with van der Waals surface area (Å²) in [5, 5.41) is 11.6. The highest BCUT2D eigenvalue weighted by molar-refractivity contribution is 5.53. The SMILES string of the molecule is CC.CNc1ccc(C#N)cc1C. The van der Waals surface area contributed by atoms with Gasteiger partial charge in [0.05, 0.1) is 11.6 Å². The summed E-state index contributed by atoms with van der Waals surface area (Å²) in [7, 11) is 1.87. The van der Waals surface area contributed by atoms with Gasteiger partial charge < -0.3 is 5.32 Å². The van der Waals surface area contributed by atoms with Crippen LogP contribution in [0.4, 0.5) is 5.69 Å². The molecule has 0 aromatic heterocycles. The van der Waals surface area contributed by atoms with Gasteiger partial charge in [-0.25, -0.2) is 0 Å². The Bertz CT molecular complexity index is 297. The van der Waals surface area contributed by atoms with Crippen molar-refractivity contribution in [3.8, 4) is 6.07 Å². The molecule has 1 N–H and O–H groups in total. The maximum absolute atomic E-state index is 8.56. The average molecular weight is 176 g/mol. The molecule has 0 bridgehead atoms. The number of aryl methyl sites for hydroxylation is 1. The fourth-order valence-electron chi connectivity index (χ4n) is 1.01. The van der Waals surface area contributed by atoms with E-state index in [2.05, 4.69) is 11.4 Å². The standard InChI is InChI=1S/C9H10N2.C2H6/c1-7-5-8(6-10)3-4-9(7)11-2;1-2/h3-5,11H,1-2H3;1-2H3. The van der Waals surface area contributed by atoms with E-state index >= 15 is 0 Å². The number of hydrogen-bond acceptors (Lipinski definition) is 2. The second-order valence-electron chi connectivity index (χ2n) is 2.39. The van der Waals surface area contributed by atoms with E-state index in [1.54, 1.807) is 6.07 Å². The predicted molar refractivity (Wildman–Crippen MR) is 56.8 cm³/mol. The first kappa shape index (κ1) is 11.5. The number of nitrogens with zero attached hydrogens (tertiary/aromatic N) is 1. The number of anilines is 1. The Morgan fingerprint density at radius 2 is 1.92 bits per heavy atom. The molecule has 0 unspecified atom stereocenters. The fraction of sp³-hybridized carbons (Fsp3) is 0.364. The van der Waals surface area contributed by atoms with E-state index in [-0.39, 0.29) is 0 Å². The summed E-state index contributed by atoms with van der Waals surface area (Å²) >= 11 is 0. The number of hydrogen-bond donors (Lipinski definition) is 1. The third-order valence-electron chi connectivity index (χ3n) is 1.62. The van der Waals surface area contributed by atoms with E-state index in [9.17, 15) is 0 Å². The molecule has 1 aromatic carbocycles. The molecular weight excluding hydrogens is 160 g/mol. The van der Waals surface area contributed by atoms with Gasteiger partial charge in [0.25, 0.3) is 0 Å². The highest BCUT2D eigenvalue weighted by Gasteiger charge is 1.95. The molecule has 1 aromatic rings. The third kappa shape index (κ3) is 3.16. The first-order chi connectivity index (χ1) is 6.27. The summed E-state index contributed by atoms with van der Waals surface area (Å²) in [4.78, 5) is 0. The first-order valence-electron chi connectivity index (χ1n) is 4.46. The molecule has 2 heteroatoms. The molecule has 0 amide bonds. The van der Waals surface area contributed by atoms with Crippen LogP contribution in [0.3, 0.4) is 0 Å². The summed E-state index contributed by atoms with van der Waals surface area (Å²) in [5.41, 5.74) is 2.89. The van der Waals surface area contributed by atoms with Crippen molar-refractivity contribution in [2.24, 2.45) is 0 Å². The molecule has 0 atom stereocenters. The summed E-state index contributed by atoms with van der Waals surface area (Å²) in [6, 6.07) is 7.67. The molecule has 0 heterocycles. The monoisotopic (exact) mass is 176 g/mol. The number of nitrogens with one attached hydrogen (secondary N) is 1. The van der Waals surface area contributed by atoms with E-state index in [1.165, 1.54) is 0 Å². The zero-order valence-electron chi connectivity index (χ0n) is 8.68. The summed E-state index contributed by atoms with van der Waals surface area (Å²) < 4.78 is 0. The lowest BCUT2D eigenvalue weighted by atomic mass is 10.1. The Morgan fingerprint density at radius 3 is 2.31 bits per heavy atom. The van der Waals surface area contributed by atoms with Crippen LogP contribution in [0, 0.1) is 18.3 Å². The number of rotatable bonds is 1. The molecule has 0 saturated carbocycles. The zero-order chi connectivity index (χ0) is 10.3. The van der Waals surface area contributed by atoms with Gasteiger partial charge in [-0.15, -0.1) is 0 Å². The molecule has 0 fully saturated rings. The van der Waals surface area contributed by atoms with Crippen molar-refractivity contribution >= 4 is 5.69 Å². The quantitative estimate of drug-likeness (QED) is 0.714. The molecule has 0 saturated heterocycles. The molecule has 0 spiro atoms. The Kier molecular flexibility index (Phi) is 5.38. The van der Waals surface area contributed by atoms with Crippen LogP contribution in [-0.2, 0) is 0 Å². The highest BCUT2D eigenvalue weighted by atomic mass is 14.8. The zero-order valence-corrected chi connectivity index (χ0v) is 8.68. The van der Waals surface area contributed by atoms with Gasteiger partial charge in [0.1, 0.15) is 0 Å². The first-order valence-corrected chi connectivity index (χ1v) is 4.46. The Balaban J connectivity index is 0.000000671. The third-order valence-corrected chi connectivity index (χ3v) is 1.62. The minimum atomic E-state index is 0.710. The van der Waals surface area contributed by atoms with E-state index in [4.69, 9.17) is 5.26 Å². The second kappa shape index (κ2) is 6.07. The van der Waals surface area contributed by atoms with Gasteiger partial charge in [-0.2, -0.15) is 5.26 Å². The van der Waals surface area contributed by atoms with Crippen molar-refractivity contribution in [1.82, 2.24) is 0 Å². The molecule has 0 radical (unpaired) electrons. The molecule has 0 aliphatic heterocycles. The van der Waals surface area contributed by atoms with Gasteiger partial charge in [0.15, 0.2) is 0 Å². The van der Waals surface area contributed by atoms with Crippen LogP contribution in [0.1, 0.15) is 25.0 Å². The second-order valence-corrected chi connectivity index (χ2v) is 2.39. The smallest absolute Gasteiger partial charge is 0.0991 e. The number of nitriles is 1. The predicted octanol–water partition coefficient (Wildman–Crippen LogP) is 2.93. The maximum Gasteiger partial charge on any atom is 0.0991 e.